The molecule has 0 aliphatic rings. The standard InChI is InChI=1S/C31H41N3O6/c1-7-38-29(39-8-2)20(3)27(25-11-9-10-22-19-32-17-16-24(22)25)34-28(35)26(33-30(36)37)18-21-12-14-23(15-13-21)40-31(4,5)6/h9-17,19-20,26-27,29,33H,7-8,18H2,1-6H3,(H,34,35)(H,36,37)/t20-,26-,27?/m0/s1. The predicted molar refractivity (Wildman–Crippen MR) is 154 cm³/mol. The summed E-state index contributed by atoms with van der Waals surface area (Å²) >= 11 is 0. The Hall–Kier alpha value is -3.69. The van der Waals surface area contributed by atoms with Crippen LogP contribution in [0.4, 0.5) is 4.79 Å². The minimum atomic E-state index is -1.28. The highest BCUT2D eigenvalue weighted by Gasteiger charge is 2.33. The molecule has 0 aliphatic carbocycles. The third kappa shape index (κ3) is 8.66. The zero-order chi connectivity index (χ0) is 29.3. The molecule has 0 bridgehead atoms. The topological polar surface area (TPSA) is 119 Å². The number of nitrogens with zero attached hydrogens (tertiary/aromatic N) is 1. The SMILES string of the molecule is CCOC(OCC)[C@@H](C)C(NC(=O)[C@H](Cc1ccc(OC(C)(C)C)cc1)NC(=O)O)c1cccc2cnccc12. The fraction of sp³-hybridized carbons (Fsp3) is 0.452. The number of pyridine rings is 1. The number of ether oxygens (including phenoxy) is 3. The minimum Gasteiger partial charge on any atom is -0.488 e. The number of carbonyl (C=O) groups is 2. The molecule has 0 fully saturated rings. The van der Waals surface area contributed by atoms with Crippen LogP contribution in [0.15, 0.2) is 60.9 Å². The molecule has 216 valence electrons. The first-order valence-electron chi connectivity index (χ1n) is 13.7. The van der Waals surface area contributed by atoms with Gasteiger partial charge in [-0.15, -0.1) is 0 Å². The van der Waals surface area contributed by atoms with Crippen molar-refractivity contribution in [3.8, 4) is 5.75 Å². The van der Waals surface area contributed by atoms with Crippen molar-refractivity contribution in [3.05, 3.63) is 72.1 Å². The first-order chi connectivity index (χ1) is 19.0. The summed E-state index contributed by atoms with van der Waals surface area (Å²) in [5.41, 5.74) is 1.30. The lowest BCUT2D eigenvalue weighted by Crippen LogP contribution is -2.50. The Balaban J connectivity index is 1.93. The van der Waals surface area contributed by atoms with Crippen LogP contribution in [0.25, 0.3) is 10.8 Å². The van der Waals surface area contributed by atoms with E-state index in [1.165, 1.54) is 0 Å². The molecule has 0 saturated heterocycles. The maximum Gasteiger partial charge on any atom is 0.405 e. The van der Waals surface area contributed by atoms with Gasteiger partial charge in [-0.1, -0.05) is 37.3 Å². The van der Waals surface area contributed by atoms with Crippen molar-refractivity contribution in [2.45, 2.75) is 71.9 Å². The zero-order valence-electron chi connectivity index (χ0n) is 24.1. The fourth-order valence-corrected chi connectivity index (χ4v) is 4.64. The second kappa shape index (κ2) is 14.1. The van der Waals surface area contributed by atoms with Crippen LogP contribution in [0.2, 0.25) is 0 Å². The highest BCUT2D eigenvalue weighted by Crippen LogP contribution is 2.32. The summed E-state index contributed by atoms with van der Waals surface area (Å²) in [7, 11) is 0. The first-order valence-corrected chi connectivity index (χ1v) is 13.7. The van der Waals surface area contributed by atoms with E-state index in [1.807, 2.05) is 90.1 Å². The van der Waals surface area contributed by atoms with Gasteiger partial charge in [-0.25, -0.2) is 4.79 Å². The van der Waals surface area contributed by atoms with Crippen LogP contribution in [0.5, 0.6) is 5.75 Å². The predicted octanol–water partition coefficient (Wildman–Crippen LogP) is 5.48. The number of nitrogens with one attached hydrogen (secondary N) is 2. The van der Waals surface area contributed by atoms with Gasteiger partial charge in [-0.3, -0.25) is 9.78 Å². The van der Waals surface area contributed by atoms with Gasteiger partial charge < -0.3 is 30.0 Å². The Morgan fingerprint density at radius 1 is 0.975 bits per heavy atom. The molecule has 0 spiro atoms. The summed E-state index contributed by atoms with van der Waals surface area (Å²) in [5, 5.41) is 16.9. The number of carbonyl (C=O) groups excluding carboxylic acids is 1. The van der Waals surface area contributed by atoms with Crippen molar-refractivity contribution in [2.75, 3.05) is 13.2 Å². The molecular formula is C31H41N3O6. The van der Waals surface area contributed by atoms with Gasteiger partial charge in [0, 0.05) is 43.3 Å². The molecule has 1 unspecified atom stereocenters. The molecule has 0 aliphatic heterocycles. The number of hydrogen-bond donors (Lipinski definition) is 3. The van der Waals surface area contributed by atoms with Gasteiger partial charge in [0.2, 0.25) is 5.91 Å². The second-order valence-corrected chi connectivity index (χ2v) is 10.6. The van der Waals surface area contributed by atoms with Gasteiger partial charge in [0.05, 0.1) is 6.04 Å². The van der Waals surface area contributed by atoms with E-state index in [9.17, 15) is 14.7 Å². The van der Waals surface area contributed by atoms with E-state index < -0.39 is 30.4 Å². The van der Waals surface area contributed by atoms with E-state index in [0.717, 1.165) is 21.9 Å². The van der Waals surface area contributed by atoms with Gasteiger partial charge >= 0.3 is 6.09 Å². The summed E-state index contributed by atoms with van der Waals surface area (Å²) in [6.07, 6.45) is 1.77. The van der Waals surface area contributed by atoms with Crippen LogP contribution in [0.1, 0.15) is 58.7 Å². The molecule has 3 rings (SSSR count). The molecule has 2 aromatic carbocycles. The lowest BCUT2D eigenvalue weighted by Gasteiger charge is -2.33. The lowest BCUT2D eigenvalue weighted by atomic mass is 9.90. The quantitative estimate of drug-likeness (QED) is 0.241. The Morgan fingerprint density at radius 2 is 1.65 bits per heavy atom. The van der Waals surface area contributed by atoms with E-state index in [-0.39, 0.29) is 17.9 Å². The number of rotatable bonds is 13. The van der Waals surface area contributed by atoms with Crippen LogP contribution >= 0.6 is 0 Å². The zero-order valence-corrected chi connectivity index (χ0v) is 24.1. The Bertz CT molecular complexity index is 1250. The number of carboxylic acid groups (broad SMARTS) is 1. The number of benzene rings is 2. The largest absolute Gasteiger partial charge is 0.488 e. The Labute approximate surface area is 236 Å². The van der Waals surface area contributed by atoms with Crippen molar-refractivity contribution >= 4 is 22.8 Å². The van der Waals surface area contributed by atoms with Crippen molar-refractivity contribution < 1.29 is 28.9 Å². The van der Waals surface area contributed by atoms with Crippen LogP contribution in [0.3, 0.4) is 0 Å². The average Bonchev–Trinajstić information content (AvgIpc) is 2.90. The van der Waals surface area contributed by atoms with Crippen molar-refractivity contribution in [1.82, 2.24) is 15.6 Å². The fourth-order valence-electron chi connectivity index (χ4n) is 4.64. The smallest absolute Gasteiger partial charge is 0.405 e. The molecule has 0 saturated carbocycles. The summed E-state index contributed by atoms with van der Waals surface area (Å²) < 4.78 is 17.7. The summed E-state index contributed by atoms with van der Waals surface area (Å²) in [4.78, 5) is 29.7. The van der Waals surface area contributed by atoms with Crippen LogP contribution < -0.4 is 15.4 Å². The normalized spacial score (nSPS) is 14.0. The molecule has 1 heterocycles. The lowest BCUT2D eigenvalue weighted by molar-refractivity contribution is -0.170. The molecule has 3 atom stereocenters. The third-order valence-electron chi connectivity index (χ3n) is 6.37. The van der Waals surface area contributed by atoms with Gasteiger partial charge in [0.25, 0.3) is 0 Å². The maximum atomic E-state index is 13.7. The highest BCUT2D eigenvalue weighted by atomic mass is 16.7. The van der Waals surface area contributed by atoms with Crippen LogP contribution in [0, 0.1) is 5.92 Å². The first kappa shape index (κ1) is 30.8. The minimum absolute atomic E-state index is 0.162. The summed E-state index contributed by atoms with van der Waals surface area (Å²) in [6.45, 7) is 12.5. The molecule has 0 radical (unpaired) electrons. The Morgan fingerprint density at radius 3 is 2.25 bits per heavy atom. The molecule has 9 nitrogen and oxygen atoms in total. The molecule has 1 aromatic heterocycles. The second-order valence-electron chi connectivity index (χ2n) is 10.6. The van der Waals surface area contributed by atoms with E-state index in [2.05, 4.69) is 15.6 Å². The van der Waals surface area contributed by atoms with E-state index >= 15 is 0 Å². The highest BCUT2D eigenvalue weighted by molar-refractivity contribution is 5.88. The summed E-state index contributed by atoms with van der Waals surface area (Å²) in [5.74, 6) is -0.0605. The monoisotopic (exact) mass is 551 g/mol. The van der Waals surface area contributed by atoms with Crippen molar-refractivity contribution in [1.29, 1.82) is 0 Å². The summed E-state index contributed by atoms with van der Waals surface area (Å²) in [6, 6.07) is 13.5. The van der Waals surface area contributed by atoms with Crippen LogP contribution in [-0.2, 0) is 20.7 Å². The van der Waals surface area contributed by atoms with Gasteiger partial charge in [0.1, 0.15) is 17.4 Å². The van der Waals surface area contributed by atoms with Crippen molar-refractivity contribution in [2.24, 2.45) is 5.92 Å². The average molecular weight is 552 g/mol. The third-order valence-corrected chi connectivity index (χ3v) is 6.37. The number of hydrogen-bond acceptors (Lipinski definition) is 6. The van der Waals surface area contributed by atoms with E-state index in [4.69, 9.17) is 14.2 Å². The van der Waals surface area contributed by atoms with Gasteiger partial charge in [-0.05, 0) is 69.3 Å². The van der Waals surface area contributed by atoms with Crippen molar-refractivity contribution in [3.63, 3.8) is 0 Å². The Kier molecular flexibility index (Phi) is 10.9. The number of fused-ring (bicyclic) bond motifs is 1. The maximum absolute atomic E-state index is 13.7. The molecule has 3 N–H and O–H groups in total. The number of aromatic nitrogens is 1. The van der Waals surface area contributed by atoms with Gasteiger partial charge in [0.15, 0.2) is 6.29 Å². The molecule has 3 aromatic rings. The van der Waals surface area contributed by atoms with Crippen LogP contribution in [-0.4, -0.2) is 53.2 Å². The molecular weight excluding hydrogens is 510 g/mol. The molecule has 2 amide bonds. The molecule has 9 heteroatoms. The molecule has 40 heavy (non-hydrogen) atoms. The van der Waals surface area contributed by atoms with E-state index in [1.54, 1.807) is 12.4 Å². The van der Waals surface area contributed by atoms with E-state index in [0.29, 0.717) is 19.0 Å². The number of amides is 2. The van der Waals surface area contributed by atoms with Gasteiger partial charge in [-0.2, -0.15) is 0 Å².